The molecule has 0 radical (unpaired) electrons. The molecule has 1 saturated heterocycles. The number of ether oxygens (including phenoxy) is 1. The van der Waals surface area contributed by atoms with Crippen LogP contribution < -0.4 is 5.73 Å². The van der Waals surface area contributed by atoms with Gasteiger partial charge in [0.15, 0.2) is 5.82 Å². The standard InChI is InChI=1S/C20H34N6O3S/c1-6-29-13-17-23-18-19(14(2)15(3)22-20(18)21)26(17)12-9-16-7-10-25(11-8-16)30(27,28)24(4)5/h16H,6-13H2,1-5H3,(H2,21,22). The number of pyridine rings is 1. The number of piperidine rings is 1. The van der Waals surface area contributed by atoms with Crippen molar-refractivity contribution in [1.29, 1.82) is 0 Å². The summed E-state index contributed by atoms with van der Waals surface area (Å²) in [6, 6.07) is 0. The third-order valence-corrected chi connectivity index (χ3v) is 7.97. The van der Waals surface area contributed by atoms with E-state index in [1.165, 1.54) is 4.31 Å². The first-order chi connectivity index (χ1) is 14.2. The van der Waals surface area contributed by atoms with Gasteiger partial charge in [-0.3, -0.25) is 0 Å². The number of nitrogen functional groups attached to an aromatic ring is 1. The fourth-order valence-corrected chi connectivity index (χ4v) is 5.20. The van der Waals surface area contributed by atoms with Gasteiger partial charge < -0.3 is 15.0 Å². The molecule has 2 N–H and O–H groups in total. The summed E-state index contributed by atoms with van der Waals surface area (Å²) in [5.74, 6) is 1.78. The maximum Gasteiger partial charge on any atom is 0.281 e. The quantitative estimate of drug-likeness (QED) is 0.676. The molecule has 168 valence electrons. The lowest BCUT2D eigenvalue weighted by atomic mass is 9.94. The van der Waals surface area contributed by atoms with Gasteiger partial charge in [0.2, 0.25) is 0 Å². The summed E-state index contributed by atoms with van der Waals surface area (Å²) in [6.07, 6.45) is 2.69. The number of nitrogens with two attached hydrogens (primary N) is 1. The van der Waals surface area contributed by atoms with E-state index in [1.54, 1.807) is 18.4 Å². The van der Waals surface area contributed by atoms with Gasteiger partial charge in [0.1, 0.15) is 17.9 Å². The highest BCUT2D eigenvalue weighted by Gasteiger charge is 2.29. The van der Waals surface area contributed by atoms with Crippen LogP contribution in [-0.4, -0.2) is 65.4 Å². The fraction of sp³-hybridized carbons (Fsp3) is 0.700. The van der Waals surface area contributed by atoms with Gasteiger partial charge in [-0.25, -0.2) is 9.97 Å². The van der Waals surface area contributed by atoms with Crippen LogP contribution in [0.1, 0.15) is 43.3 Å². The average molecular weight is 439 g/mol. The molecule has 0 spiro atoms. The molecular formula is C20H34N6O3S. The number of nitrogens with zero attached hydrogens (tertiary/aromatic N) is 5. The molecule has 0 atom stereocenters. The normalized spacial score (nSPS) is 16.7. The van der Waals surface area contributed by atoms with Gasteiger partial charge in [-0.15, -0.1) is 0 Å². The van der Waals surface area contributed by atoms with E-state index in [2.05, 4.69) is 16.5 Å². The summed E-state index contributed by atoms with van der Waals surface area (Å²) >= 11 is 0. The SMILES string of the molecule is CCOCc1nc2c(N)nc(C)c(C)c2n1CCC1CCN(S(=O)(=O)N(C)C)CC1. The van der Waals surface area contributed by atoms with Crippen molar-refractivity contribution in [2.45, 2.75) is 53.2 Å². The van der Waals surface area contributed by atoms with Crippen molar-refractivity contribution in [2.75, 3.05) is 39.5 Å². The van der Waals surface area contributed by atoms with Crippen LogP contribution in [0, 0.1) is 19.8 Å². The molecule has 0 saturated carbocycles. The van der Waals surface area contributed by atoms with E-state index in [0.29, 0.717) is 38.0 Å². The second-order valence-corrected chi connectivity index (χ2v) is 10.3. The Morgan fingerprint density at radius 2 is 1.87 bits per heavy atom. The van der Waals surface area contributed by atoms with E-state index in [0.717, 1.165) is 53.9 Å². The van der Waals surface area contributed by atoms with Crippen LogP contribution in [0.4, 0.5) is 5.82 Å². The van der Waals surface area contributed by atoms with Crippen molar-refractivity contribution in [3.8, 4) is 0 Å². The molecule has 0 aromatic carbocycles. The third-order valence-electron chi connectivity index (χ3n) is 6.03. The van der Waals surface area contributed by atoms with E-state index in [-0.39, 0.29) is 0 Å². The molecular weight excluding hydrogens is 404 g/mol. The molecule has 10 heteroatoms. The predicted octanol–water partition coefficient (Wildman–Crippen LogP) is 2.08. The molecule has 0 unspecified atom stereocenters. The van der Waals surface area contributed by atoms with Crippen LogP contribution in [0.3, 0.4) is 0 Å². The maximum atomic E-state index is 12.3. The molecule has 1 fully saturated rings. The number of rotatable bonds is 8. The second kappa shape index (κ2) is 9.17. The van der Waals surface area contributed by atoms with E-state index < -0.39 is 10.2 Å². The molecule has 2 aromatic rings. The van der Waals surface area contributed by atoms with Gasteiger partial charge >= 0.3 is 0 Å². The fourth-order valence-electron chi connectivity index (χ4n) is 4.06. The monoisotopic (exact) mass is 438 g/mol. The number of imidazole rings is 1. The van der Waals surface area contributed by atoms with Gasteiger partial charge in [0.05, 0.1) is 5.52 Å². The lowest BCUT2D eigenvalue weighted by Gasteiger charge is -2.32. The Bertz CT molecular complexity index is 994. The van der Waals surface area contributed by atoms with Gasteiger partial charge in [-0.1, -0.05) is 0 Å². The van der Waals surface area contributed by atoms with E-state index in [4.69, 9.17) is 15.5 Å². The molecule has 3 heterocycles. The number of hydrogen-bond donors (Lipinski definition) is 1. The minimum absolute atomic E-state index is 0.433. The van der Waals surface area contributed by atoms with Crippen LogP contribution in [-0.2, 0) is 28.1 Å². The molecule has 0 aliphatic carbocycles. The topological polar surface area (TPSA) is 107 Å². The van der Waals surface area contributed by atoms with Gasteiger partial charge in [-0.2, -0.15) is 17.0 Å². The van der Waals surface area contributed by atoms with Gasteiger partial charge in [0, 0.05) is 46.0 Å². The number of anilines is 1. The molecule has 1 aliphatic rings. The summed E-state index contributed by atoms with van der Waals surface area (Å²) in [5, 5.41) is 0. The largest absolute Gasteiger partial charge is 0.382 e. The maximum absolute atomic E-state index is 12.3. The minimum Gasteiger partial charge on any atom is -0.382 e. The molecule has 0 amide bonds. The van der Waals surface area contributed by atoms with E-state index >= 15 is 0 Å². The third kappa shape index (κ3) is 4.46. The summed E-state index contributed by atoms with van der Waals surface area (Å²) in [5.41, 5.74) is 9.92. The molecule has 1 aliphatic heterocycles. The van der Waals surface area contributed by atoms with Crippen LogP contribution in [0.15, 0.2) is 0 Å². The van der Waals surface area contributed by atoms with Gasteiger partial charge in [0.25, 0.3) is 10.2 Å². The predicted molar refractivity (Wildman–Crippen MR) is 118 cm³/mol. The smallest absolute Gasteiger partial charge is 0.281 e. The average Bonchev–Trinajstić information content (AvgIpc) is 3.08. The zero-order chi connectivity index (χ0) is 22.1. The lowest BCUT2D eigenvalue weighted by Crippen LogP contribution is -2.44. The molecule has 2 aromatic heterocycles. The Labute approximate surface area is 179 Å². The first-order valence-corrected chi connectivity index (χ1v) is 11.9. The second-order valence-electron chi connectivity index (χ2n) is 8.14. The number of aryl methyl sites for hydroxylation is 3. The Balaban J connectivity index is 1.77. The van der Waals surface area contributed by atoms with Crippen molar-refractivity contribution in [1.82, 2.24) is 23.1 Å². The summed E-state index contributed by atoms with van der Waals surface area (Å²) < 4.78 is 35.4. The van der Waals surface area contributed by atoms with Crippen molar-refractivity contribution in [2.24, 2.45) is 5.92 Å². The summed E-state index contributed by atoms with van der Waals surface area (Å²) in [4.78, 5) is 9.16. The highest BCUT2D eigenvalue weighted by Crippen LogP contribution is 2.29. The lowest BCUT2D eigenvalue weighted by molar-refractivity contribution is 0.125. The van der Waals surface area contributed by atoms with Crippen LogP contribution in [0.5, 0.6) is 0 Å². The Kier molecular flexibility index (Phi) is 7.01. The van der Waals surface area contributed by atoms with Gasteiger partial charge in [-0.05, 0) is 51.5 Å². The van der Waals surface area contributed by atoms with E-state index in [9.17, 15) is 8.42 Å². The van der Waals surface area contributed by atoms with Crippen molar-refractivity contribution < 1.29 is 13.2 Å². The van der Waals surface area contributed by atoms with Crippen LogP contribution >= 0.6 is 0 Å². The van der Waals surface area contributed by atoms with Crippen LogP contribution in [0.25, 0.3) is 11.0 Å². The molecule has 3 rings (SSSR count). The molecule has 9 nitrogen and oxygen atoms in total. The van der Waals surface area contributed by atoms with Crippen molar-refractivity contribution in [3.63, 3.8) is 0 Å². The minimum atomic E-state index is -3.33. The zero-order valence-electron chi connectivity index (χ0n) is 18.7. The highest BCUT2D eigenvalue weighted by atomic mass is 32.2. The first-order valence-electron chi connectivity index (χ1n) is 10.5. The summed E-state index contributed by atoms with van der Waals surface area (Å²) in [6.45, 7) is 8.97. The number of hydrogen-bond acceptors (Lipinski definition) is 6. The first kappa shape index (κ1) is 22.9. The number of aromatic nitrogens is 3. The van der Waals surface area contributed by atoms with E-state index in [1.807, 2.05) is 13.8 Å². The Hall–Kier alpha value is -1.75. The van der Waals surface area contributed by atoms with Crippen molar-refractivity contribution >= 4 is 27.1 Å². The molecule has 0 bridgehead atoms. The highest BCUT2D eigenvalue weighted by molar-refractivity contribution is 7.86. The Morgan fingerprint density at radius 3 is 2.47 bits per heavy atom. The Morgan fingerprint density at radius 1 is 1.20 bits per heavy atom. The van der Waals surface area contributed by atoms with Crippen molar-refractivity contribution in [3.05, 3.63) is 17.1 Å². The summed E-state index contributed by atoms with van der Waals surface area (Å²) in [7, 11) is -0.169. The number of fused-ring (bicyclic) bond motifs is 1. The van der Waals surface area contributed by atoms with Crippen LogP contribution in [0.2, 0.25) is 0 Å². The zero-order valence-corrected chi connectivity index (χ0v) is 19.5. The molecule has 30 heavy (non-hydrogen) atoms.